The third kappa shape index (κ3) is 5.31. The molecule has 2 amide bonds. The van der Waals surface area contributed by atoms with Gasteiger partial charge in [0.05, 0.1) is 19.0 Å². The van der Waals surface area contributed by atoms with Crippen molar-refractivity contribution in [3.05, 3.63) is 48.0 Å². The summed E-state index contributed by atoms with van der Waals surface area (Å²) in [5.41, 5.74) is 0.744. The van der Waals surface area contributed by atoms with Crippen LogP contribution in [0, 0.1) is 0 Å². The number of benzene rings is 2. The van der Waals surface area contributed by atoms with Gasteiger partial charge >= 0.3 is 5.97 Å². The van der Waals surface area contributed by atoms with Crippen LogP contribution in [-0.2, 0) is 14.4 Å². The zero-order valence-electron chi connectivity index (χ0n) is 14.1. The van der Waals surface area contributed by atoms with Gasteiger partial charge in [-0.1, -0.05) is 49.4 Å². The number of hydrogen-bond acceptors (Lipinski definition) is 3. The van der Waals surface area contributed by atoms with Gasteiger partial charge in [0.15, 0.2) is 0 Å². The van der Waals surface area contributed by atoms with Crippen LogP contribution in [0.15, 0.2) is 42.5 Å². The van der Waals surface area contributed by atoms with Crippen molar-refractivity contribution < 1.29 is 19.5 Å². The molecule has 3 N–H and O–H groups in total. The van der Waals surface area contributed by atoms with Crippen molar-refractivity contribution in [1.29, 1.82) is 0 Å². The second kappa shape index (κ2) is 8.82. The number of carboxylic acids is 1. The molecule has 25 heavy (non-hydrogen) atoms. The Morgan fingerprint density at radius 2 is 1.76 bits per heavy atom. The first-order valence-electron chi connectivity index (χ1n) is 8.26. The maximum atomic E-state index is 12.1. The van der Waals surface area contributed by atoms with E-state index in [2.05, 4.69) is 10.6 Å². The van der Waals surface area contributed by atoms with Crippen molar-refractivity contribution >= 4 is 28.6 Å². The van der Waals surface area contributed by atoms with Crippen molar-refractivity contribution in [2.24, 2.45) is 0 Å². The lowest BCUT2D eigenvalue weighted by Crippen LogP contribution is -2.39. The highest BCUT2D eigenvalue weighted by Crippen LogP contribution is 2.26. The Morgan fingerprint density at radius 3 is 2.48 bits per heavy atom. The molecule has 0 saturated carbocycles. The maximum Gasteiger partial charge on any atom is 0.305 e. The summed E-state index contributed by atoms with van der Waals surface area (Å²) < 4.78 is 0. The molecule has 0 heterocycles. The minimum absolute atomic E-state index is 0.167. The van der Waals surface area contributed by atoms with Crippen molar-refractivity contribution in [2.45, 2.75) is 32.2 Å². The average Bonchev–Trinajstić information content (AvgIpc) is 2.59. The zero-order chi connectivity index (χ0) is 18.2. The smallest absolute Gasteiger partial charge is 0.305 e. The van der Waals surface area contributed by atoms with Gasteiger partial charge in [0.1, 0.15) is 0 Å². The van der Waals surface area contributed by atoms with Crippen molar-refractivity contribution in [3.63, 3.8) is 0 Å². The van der Waals surface area contributed by atoms with Crippen molar-refractivity contribution in [2.75, 3.05) is 6.54 Å². The number of amides is 2. The summed E-state index contributed by atoms with van der Waals surface area (Å²) >= 11 is 0. The lowest BCUT2D eigenvalue weighted by molar-refractivity contribution is -0.138. The lowest BCUT2D eigenvalue weighted by Gasteiger charge is -2.19. The van der Waals surface area contributed by atoms with Crippen LogP contribution < -0.4 is 10.6 Å². The highest BCUT2D eigenvalue weighted by atomic mass is 16.4. The molecule has 6 nitrogen and oxygen atoms in total. The molecule has 0 aromatic heterocycles. The third-order valence-corrected chi connectivity index (χ3v) is 3.84. The molecule has 0 spiro atoms. The first kappa shape index (κ1) is 18.4. The van der Waals surface area contributed by atoms with Gasteiger partial charge in [-0.25, -0.2) is 0 Å². The summed E-state index contributed by atoms with van der Waals surface area (Å²) in [6.45, 7) is 1.71. The summed E-state index contributed by atoms with van der Waals surface area (Å²) in [7, 11) is 0. The molecule has 1 atom stereocenters. The predicted molar refractivity (Wildman–Crippen MR) is 95.0 cm³/mol. The van der Waals surface area contributed by atoms with Gasteiger partial charge in [-0.3, -0.25) is 14.4 Å². The van der Waals surface area contributed by atoms with Gasteiger partial charge in [0, 0.05) is 6.42 Å². The van der Waals surface area contributed by atoms with E-state index in [1.54, 1.807) is 0 Å². The van der Waals surface area contributed by atoms with Gasteiger partial charge in [-0.05, 0) is 22.8 Å². The summed E-state index contributed by atoms with van der Waals surface area (Å²) in [5.74, 6) is -1.62. The fourth-order valence-electron chi connectivity index (χ4n) is 2.71. The molecule has 2 aromatic carbocycles. The van der Waals surface area contributed by atoms with Crippen LogP contribution >= 0.6 is 0 Å². The lowest BCUT2D eigenvalue weighted by atomic mass is 9.96. The molecular weight excluding hydrogens is 320 g/mol. The van der Waals surface area contributed by atoms with Crippen LogP contribution in [0.1, 0.15) is 37.8 Å². The quantitative estimate of drug-likeness (QED) is 0.686. The molecule has 0 aliphatic heterocycles. The van der Waals surface area contributed by atoms with E-state index in [1.807, 2.05) is 49.4 Å². The Kier molecular flexibility index (Phi) is 6.51. The SMILES string of the molecule is CCCC(=O)NCC(=O)N[C@H](CC(=O)O)c1cccc2ccccc12. The second-order valence-electron chi connectivity index (χ2n) is 5.81. The second-order valence-corrected chi connectivity index (χ2v) is 5.81. The van der Waals surface area contributed by atoms with E-state index in [0.29, 0.717) is 12.8 Å². The summed E-state index contributed by atoms with van der Waals surface area (Å²) in [5, 5.41) is 16.3. The number of fused-ring (bicyclic) bond motifs is 1. The molecule has 0 aliphatic carbocycles. The molecule has 0 radical (unpaired) electrons. The number of carboxylic acid groups (broad SMARTS) is 1. The fraction of sp³-hybridized carbons (Fsp3) is 0.316. The maximum absolute atomic E-state index is 12.1. The Hall–Kier alpha value is -2.89. The van der Waals surface area contributed by atoms with E-state index in [0.717, 1.165) is 16.3 Å². The number of nitrogens with one attached hydrogen (secondary N) is 2. The highest BCUT2D eigenvalue weighted by Gasteiger charge is 2.20. The van der Waals surface area contributed by atoms with Crippen molar-refractivity contribution in [3.8, 4) is 0 Å². The Morgan fingerprint density at radius 1 is 1.04 bits per heavy atom. The molecule has 0 bridgehead atoms. The highest BCUT2D eigenvalue weighted by molar-refractivity contribution is 5.89. The largest absolute Gasteiger partial charge is 0.481 e. The molecule has 0 aliphatic rings. The molecule has 2 rings (SSSR count). The van der Waals surface area contributed by atoms with E-state index < -0.39 is 17.9 Å². The molecule has 6 heteroatoms. The van der Waals surface area contributed by atoms with Gasteiger partial charge < -0.3 is 15.7 Å². The van der Waals surface area contributed by atoms with Gasteiger partial charge in [0.2, 0.25) is 11.8 Å². The molecule has 0 fully saturated rings. The topological polar surface area (TPSA) is 95.5 Å². The normalized spacial score (nSPS) is 11.7. The first-order valence-corrected chi connectivity index (χ1v) is 8.26. The van der Waals surface area contributed by atoms with Crippen LogP contribution in [-0.4, -0.2) is 29.4 Å². The summed E-state index contributed by atoms with van der Waals surface area (Å²) in [6.07, 6.45) is 0.822. The van der Waals surface area contributed by atoms with Crippen LogP contribution in [0.5, 0.6) is 0 Å². The summed E-state index contributed by atoms with van der Waals surface area (Å²) in [4.78, 5) is 34.8. The monoisotopic (exact) mass is 342 g/mol. The van der Waals surface area contributed by atoms with E-state index in [-0.39, 0.29) is 18.9 Å². The number of carbonyl (C=O) groups is 3. The molecule has 132 valence electrons. The van der Waals surface area contributed by atoms with Crippen molar-refractivity contribution in [1.82, 2.24) is 10.6 Å². The Labute approximate surface area is 146 Å². The predicted octanol–water partition coefficient (Wildman–Crippen LogP) is 2.39. The first-order chi connectivity index (χ1) is 12.0. The fourth-order valence-corrected chi connectivity index (χ4v) is 2.71. The zero-order valence-corrected chi connectivity index (χ0v) is 14.1. The molecule has 0 unspecified atom stereocenters. The Bertz CT molecular complexity index is 768. The van der Waals surface area contributed by atoms with E-state index in [4.69, 9.17) is 0 Å². The van der Waals surface area contributed by atoms with Crippen LogP contribution in [0.25, 0.3) is 10.8 Å². The van der Waals surface area contributed by atoms with Crippen LogP contribution in [0.2, 0.25) is 0 Å². The van der Waals surface area contributed by atoms with E-state index >= 15 is 0 Å². The average molecular weight is 342 g/mol. The van der Waals surface area contributed by atoms with Crippen LogP contribution in [0.4, 0.5) is 0 Å². The minimum atomic E-state index is -1.01. The van der Waals surface area contributed by atoms with Gasteiger partial charge in [-0.2, -0.15) is 0 Å². The third-order valence-electron chi connectivity index (χ3n) is 3.84. The molecule has 2 aromatic rings. The number of rotatable bonds is 8. The summed E-state index contributed by atoms with van der Waals surface area (Å²) in [6, 6.07) is 12.5. The standard InChI is InChI=1S/C19H22N2O4/c1-2-6-17(22)20-12-18(23)21-16(11-19(24)25)15-10-5-8-13-7-3-4-9-14(13)15/h3-5,7-10,16H,2,6,11-12H2,1H3,(H,20,22)(H,21,23)(H,24,25)/t16-/m1/s1. The number of hydrogen-bond donors (Lipinski definition) is 3. The Balaban J connectivity index is 2.17. The number of aliphatic carboxylic acids is 1. The van der Waals surface area contributed by atoms with Gasteiger partial charge in [-0.15, -0.1) is 0 Å². The van der Waals surface area contributed by atoms with Gasteiger partial charge in [0.25, 0.3) is 0 Å². The molecular formula is C19H22N2O4. The molecule has 0 saturated heterocycles. The number of carbonyl (C=O) groups excluding carboxylic acids is 2. The minimum Gasteiger partial charge on any atom is -0.481 e. The van der Waals surface area contributed by atoms with Crippen LogP contribution in [0.3, 0.4) is 0 Å². The van der Waals surface area contributed by atoms with E-state index in [9.17, 15) is 19.5 Å². The van der Waals surface area contributed by atoms with E-state index in [1.165, 1.54) is 0 Å².